The monoisotopic (exact) mass is 367 g/mol. The number of aliphatic hydroxyl groups is 1. The molecule has 0 aliphatic carbocycles. The molecule has 27 heavy (non-hydrogen) atoms. The molecule has 2 N–H and O–H groups in total. The highest BCUT2D eigenvalue weighted by Crippen LogP contribution is 2.39. The van der Waals surface area contributed by atoms with E-state index >= 15 is 0 Å². The summed E-state index contributed by atoms with van der Waals surface area (Å²) in [6.07, 6.45) is 4.36. The molecule has 2 aliphatic heterocycles. The molecule has 2 fully saturated rings. The van der Waals surface area contributed by atoms with Crippen LogP contribution in [-0.2, 0) is 13.2 Å². The molecule has 0 saturated carbocycles. The first-order valence-corrected chi connectivity index (χ1v) is 9.58. The molecule has 0 spiro atoms. The summed E-state index contributed by atoms with van der Waals surface area (Å²) in [5.41, 5.74) is 2.62. The number of fused-ring (bicyclic) bond motifs is 2. The molecule has 0 radical (unpaired) electrons. The zero-order chi connectivity index (χ0) is 18.8. The molecule has 2 heterocycles. The van der Waals surface area contributed by atoms with Crippen LogP contribution < -0.4 is 5.32 Å². The highest BCUT2D eigenvalue weighted by Gasteiger charge is 2.40. The van der Waals surface area contributed by atoms with Gasteiger partial charge in [-0.3, -0.25) is 15.0 Å². The van der Waals surface area contributed by atoms with E-state index in [1.807, 2.05) is 6.07 Å². The van der Waals surface area contributed by atoms with Crippen molar-refractivity contribution in [2.24, 2.45) is 0 Å². The Morgan fingerprint density at radius 2 is 1.78 bits per heavy atom. The highest BCUT2D eigenvalue weighted by atomic mass is 16.6. The van der Waals surface area contributed by atoms with Gasteiger partial charge in [0.1, 0.15) is 5.69 Å². The predicted molar refractivity (Wildman–Crippen MR) is 104 cm³/mol. The van der Waals surface area contributed by atoms with Gasteiger partial charge in [0.15, 0.2) is 0 Å². The fourth-order valence-electron chi connectivity index (χ4n) is 4.62. The number of benzene rings is 2. The van der Waals surface area contributed by atoms with Crippen LogP contribution in [0.3, 0.4) is 0 Å². The first kappa shape index (κ1) is 17.9. The number of nitrogens with one attached hydrogen (secondary N) is 1. The third kappa shape index (κ3) is 3.82. The molecule has 2 aromatic rings. The van der Waals surface area contributed by atoms with Crippen molar-refractivity contribution in [2.75, 3.05) is 5.32 Å². The van der Waals surface area contributed by atoms with Crippen molar-refractivity contribution in [3.05, 3.63) is 69.8 Å². The maximum Gasteiger partial charge on any atom is 0.292 e. The van der Waals surface area contributed by atoms with Crippen molar-refractivity contribution >= 4 is 11.4 Å². The Balaban J connectivity index is 1.47. The van der Waals surface area contributed by atoms with Gasteiger partial charge in [0.05, 0.1) is 11.5 Å². The van der Waals surface area contributed by atoms with Gasteiger partial charge < -0.3 is 10.4 Å². The molecule has 4 rings (SSSR count). The van der Waals surface area contributed by atoms with Gasteiger partial charge in [-0.15, -0.1) is 0 Å². The lowest BCUT2D eigenvalue weighted by Crippen LogP contribution is -2.46. The second-order valence-electron chi connectivity index (χ2n) is 7.62. The Bertz CT molecular complexity index is 798. The van der Waals surface area contributed by atoms with E-state index in [4.69, 9.17) is 0 Å². The molecule has 6 nitrogen and oxygen atoms in total. The normalized spacial score (nSPS) is 24.7. The van der Waals surface area contributed by atoms with E-state index in [0.717, 1.165) is 19.4 Å². The Hall–Kier alpha value is -2.44. The number of piperidine rings is 1. The molecular formula is C21H25N3O3. The van der Waals surface area contributed by atoms with E-state index in [2.05, 4.69) is 34.5 Å². The van der Waals surface area contributed by atoms with Crippen LogP contribution >= 0.6 is 0 Å². The van der Waals surface area contributed by atoms with E-state index in [1.165, 1.54) is 24.5 Å². The molecule has 0 amide bonds. The van der Waals surface area contributed by atoms with Crippen molar-refractivity contribution in [2.45, 2.75) is 57.0 Å². The SMILES string of the molecule is O=[N+]([O-])c1ccc(CO)cc1NC1CC2CCC(C1)N2Cc1ccccc1. The molecule has 2 bridgehead atoms. The second-order valence-corrected chi connectivity index (χ2v) is 7.62. The summed E-state index contributed by atoms with van der Waals surface area (Å²) in [5, 5.41) is 24.1. The van der Waals surface area contributed by atoms with E-state index in [1.54, 1.807) is 12.1 Å². The zero-order valence-electron chi connectivity index (χ0n) is 15.3. The maximum atomic E-state index is 11.4. The summed E-state index contributed by atoms with van der Waals surface area (Å²) >= 11 is 0. The van der Waals surface area contributed by atoms with Gasteiger partial charge in [0.25, 0.3) is 5.69 Å². The zero-order valence-corrected chi connectivity index (χ0v) is 15.3. The first-order chi connectivity index (χ1) is 13.1. The summed E-state index contributed by atoms with van der Waals surface area (Å²) in [6, 6.07) is 16.6. The molecule has 0 aromatic heterocycles. The quantitative estimate of drug-likeness (QED) is 0.601. The molecule has 2 unspecified atom stereocenters. The third-order valence-corrected chi connectivity index (χ3v) is 5.89. The van der Waals surface area contributed by atoms with Gasteiger partial charge in [-0.25, -0.2) is 0 Å². The lowest BCUT2D eigenvalue weighted by Gasteiger charge is -2.39. The summed E-state index contributed by atoms with van der Waals surface area (Å²) in [4.78, 5) is 13.6. The number of rotatable bonds is 6. The van der Waals surface area contributed by atoms with Crippen molar-refractivity contribution in [1.82, 2.24) is 4.90 Å². The van der Waals surface area contributed by atoms with Gasteiger partial charge in [0, 0.05) is 30.7 Å². The maximum absolute atomic E-state index is 11.4. The van der Waals surface area contributed by atoms with Crippen LogP contribution in [0.4, 0.5) is 11.4 Å². The molecule has 2 saturated heterocycles. The topological polar surface area (TPSA) is 78.6 Å². The molecule has 6 heteroatoms. The van der Waals surface area contributed by atoms with Crippen molar-refractivity contribution in [3.63, 3.8) is 0 Å². The Kier molecular flexibility index (Phi) is 5.09. The third-order valence-electron chi connectivity index (χ3n) is 5.89. The Morgan fingerprint density at radius 1 is 1.07 bits per heavy atom. The lowest BCUT2D eigenvalue weighted by atomic mass is 9.96. The second kappa shape index (κ2) is 7.66. The standard InChI is InChI=1S/C21H25N3O3/c25-14-16-6-9-21(24(26)27)20(10-16)22-17-11-18-7-8-19(12-17)23(18)13-15-4-2-1-3-5-15/h1-6,9-10,17-19,22,25H,7-8,11-14H2. The summed E-state index contributed by atoms with van der Waals surface area (Å²) in [7, 11) is 0. The number of nitro groups is 1. The van der Waals surface area contributed by atoms with Crippen LogP contribution in [0.5, 0.6) is 0 Å². The van der Waals surface area contributed by atoms with Gasteiger partial charge >= 0.3 is 0 Å². The highest BCUT2D eigenvalue weighted by molar-refractivity contribution is 5.63. The van der Waals surface area contributed by atoms with Crippen LogP contribution in [0.2, 0.25) is 0 Å². The van der Waals surface area contributed by atoms with Crippen molar-refractivity contribution in [3.8, 4) is 0 Å². The van der Waals surface area contributed by atoms with Gasteiger partial charge in [-0.1, -0.05) is 30.3 Å². The fraction of sp³-hybridized carbons (Fsp3) is 0.429. The number of nitrogens with zero attached hydrogens (tertiary/aromatic N) is 2. The molecule has 2 atom stereocenters. The van der Waals surface area contributed by atoms with E-state index in [-0.39, 0.29) is 23.3 Å². The number of aliphatic hydroxyl groups excluding tert-OH is 1. The van der Waals surface area contributed by atoms with Gasteiger partial charge in [0.2, 0.25) is 0 Å². The average molecular weight is 367 g/mol. The summed E-state index contributed by atoms with van der Waals surface area (Å²) in [5.74, 6) is 0. The van der Waals surface area contributed by atoms with Crippen molar-refractivity contribution < 1.29 is 10.0 Å². The summed E-state index contributed by atoms with van der Waals surface area (Å²) in [6.45, 7) is 0.858. The molecular weight excluding hydrogens is 342 g/mol. The minimum absolute atomic E-state index is 0.0752. The minimum atomic E-state index is -0.359. The van der Waals surface area contributed by atoms with Crippen LogP contribution in [0, 0.1) is 10.1 Å². The largest absolute Gasteiger partial charge is 0.392 e. The van der Waals surface area contributed by atoms with Crippen LogP contribution in [0.1, 0.15) is 36.8 Å². The van der Waals surface area contributed by atoms with E-state index in [0.29, 0.717) is 23.3 Å². The van der Waals surface area contributed by atoms with E-state index in [9.17, 15) is 15.2 Å². The van der Waals surface area contributed by atoms with E-state index < -0.39 is 0 Å². The first-order valence-electron chi connectivity index (χ1n) is 9.58. The number of anilines is 1. The molecule has 142 valence electrons. The predicted octanol–water partition coefficient (Wildman–Crippen LogP) is 3.69. The Labute approximate surface area is 159 Å². The van der Waals surface area contributed by atoms with Crippen LogP contribution in [0.15, 0.2) is 48.5 Å². The summed E-state index contributed by atoms with van der Waals surface area (Å²) < 4.78 is 0. The molecule has 2 aliphatic rings. The minimum Gasteiger partial charge on any atom is -0.392 e. The number of hydrogen-bond donors (Lipinski definition) is 2. The van der Waals surface area contributed by atoms with Gasteiger partial charge in [-0.2, -0.15) is 0 Å². The average Bonchev–Trinajstić information content (AvgIpc) is 2.90. The smallest absolute Gasteiger partial charge is 0.292 e. The van der Waals surface area contributed by atoms with Crippen LogP contribution in [0.25, 0.3) is 0 Å². The lowest BCUT2D eigenvalue weighted by molar-refractivity contribution is -0.384. The number of hydrogen-bond acceptors (Lipinski definition) is 5. The number of nitro benzene ring substituents is 1. The Morgan fingerprint density at radius 3 is 2.41 bits per heavy atom. The molecule has 2 aromatic carbocycles. The van der Waals surface area contributed by atoms with Crippen LogP contribution in [-0.4, -0.2) is 33.1 Å². The van der Waals surface area contributed by atoms with Crippen molar-refractivity contribution in [1.29, 1.82) is 0 Å². The van der Waals surface area contributed by atoms with Gasteiger partial charge in [-0.05, 0) is 48.9 Å². The fourth-order valence-corrected chi connectivity index (χ4v) is 4.62.